The van der Waals surface area contributed by atoms with Crippen LogP contribution >= 0.6 is 0 Å². The van der Waals surface area contributed by atoms with Crippen molar-refractivity contribution in [2.45, 2.75) is 31.8 Å². The molecule has 0 aliphatic carbocycles. The van der Waals surface area contributed by atoms with Crippen LogP contribution in [-0.2, 0) is 4.74 Å². The van der Waals surface area contributed by atoms with Crippen LogP contribution in [0.3, 0.4) is 0 Å². The van der Waals surface area contributed by atoms with E-state index in [4.69, 9.17) is 4.74 Å². The molecule has 1 saturated heterocycles. The molecule has 0 bridgehead atoms. The molecule has 142 valence electrons. The van der Waals surface area contributed by atoms with Gasteiger partial charge in [0.2, 0.25) is 0 Å². The summed E-state index contributed by atoms with van der Waals surface area (Å²) in [6, 6.07) is 9.80. The number of anilines is 1. The summed E-state index contributed by atoms with van der Waals surface area (Å²) in [5.41, 5.74) is 1.25. The molecule has 3 rings (SSSR count). The van der Waals surface area contributed by atoms with Crippen molar-refractivity contribution in [3.63, 3.8) is 0 Å². The van der Waals surface area contributed by atoms with Crippen LogP contribution in [0, 0.1) is 10.1 Å². The number of nitro groups is 1. The molecule has 8 heteroatoms. The van der Waals surface area contributed by atoms with Crippen LogP contribution in [0.15, 0.2) is 42.6 Å². The first-order valence-corrected chi connectivity index (χ1v) is 8.89. The molecule has 0 saturated carbocycles. The number of aromatic nitrogens is 1. The molecule has 2 N–H and O–H groups in total. The van der Waals surface area contributed by atoms with Crippen LogP contribution in [0.25, 0.3) is 0 Å². The van der Waals surface area contributed by atoms with E-state index in [0.717, 1.165) is 18.5 Å². The third-order valence-electron chi connectivity index (χ3n) is 4.52. The molecular weight excluding hydrogens is 348 g/mol. The quantitative estimate of drug-likeness (QED) is 0.598. The lowest BCUT2D eigenvalue weighted by atomic mass is 10.1. The van der Waals surface area contributed by atoms with Crippen molar-refractivity contribution in [1.29, 1.82) is 0 Å². The predicted molar refractivity (Wildman–Crippen MR) is 101 cm³/mol. The number of amides is 1. The molecule has 1 aromatic carbocycles. The van der Waals surface area contributed by atoms with Crippen LogP contribution in [-0.4, -0.2) is 35.1 Å². The Bertz CT molecular complexity index is 807. The van der Waals surface area contributed by atoms with Crippen molar-refractivity contribution in [2.24, 2.45) is 0 Å². The van der Waals surface area contributed by atoms with Gasteiger partial charge in [0.05, 0.1) is 16.7 Å². The second-order valence-corrected chi connectivity index (χ2v) is 6.47. The molecule has 1 unspecified atom stereocenters. The van der Waals surface area contributed by atoms with Gasteiger partial charge in [-0.3, -0.25) is 19.9 Å². The summed E-state index contributed by atoms with van der Waals surface area (Å²) in [7, 11) is 0. The van der Waals surface area contributed by atoms with E-state index in [-0.39, 0.29) is 29.2 Å². The molecule has 1 aromatic heterocycles. The molecule has 1 fully saturated rings. The Morgan fingerprint density at radius 2 is 2.07 bits per heavy atom. The molecule has 1 aliphatic heterocycles. The van der Waals surface area contributed by atoms with Gasteiger partial charge in [0.15, 0.2) is 0 Å². The Balaban J connectivity index is 1.76. The van der Waals surface area contributed by atoms with Gasteiger partial charge in [-0.2, -0.15) is 0 Å². The lowest BCUT2D eigenvalue weighted by molar-refractivity contribution is -0.384. The molecular formula is C19H22N4O4. The predicted octanol–water partition coefficient (Wildman–Crippen LogP) is 3.07. The van der Waals surface area contributed by atoms with Crippen LogP contribution < -0.4 is 10.6 Å². The van der Waals surface area contributed by atoms with Crippen molar-refractivity contribution in [3.05, 3.63) is 64.0 Å². The lowest BCUT2D eigenvalue weighted by Gasteiger charge is -2.23. The average molecular weight is 370 g/mol. The van der Waals surface area contributed by atoms with Gasteiger partial charge < -0.3 is 15.4 Å². The minimum absolute atomic E-state index is 0.0345. The summed E-state index contributed by atoms with van der Waals surface area (Å²) in [4.78, 5) is 27.7. The number of hydrogen-bond acceptors (Lipinski definition) is 6. The number of benzene rings is 1. The Hall–Kier alpha value is -3.00. The highest BCUT2D eigenvalue weighted by Crippen LogP contribution is 2.29. The SMILES string of the molecule is CC(Nc1ccc(C(=O)NC2CCOCC2)cc1[N+](=O)[O-])c1ccccn1. The van der Waals surface area contributed by atoms with Crippen molar-refractivity contribution in [3.8, 4) is 0 Å². The first-order valence-electron chi connectivity index (χ1n) is 8.89. The van der Waals surface area contributed by atoms with Gasteiger partial charge in [-0.1, -0.05) is 6.07 Å². The first kappa shape index (κ1) is 18.8. The van der Waals surface area contributed by atoms with E-state index < -0.39 is 4.92 Å². The maximum atomic E-state index is 12.4. The van der Waals surface area contributed by atoms with E-state index >= 15 is 0 Å². The van der Waals surface area contributed by atoms with Gasteiger partial charge in [0.1, 0.15) is 5.69 Å². The van der Waals surface area contributed by atoms with Crippen molar-refractivity contribution in [2.75, 3.05) is 18.5 Å². The number of nitro benzene ring substituents is 1. The smallest absolute Gasteiger partial charge is 0.293 e. The van der Waals surface area contributed by atoms with Gasteiger partial charge in [-0.05, 0) is 44.0 Å². The van der Waals surface area contributed by atoms with Gasteiger partial charge in [-0.15, -0.1) is 0 Å². The zero-order valence-corrected chi connectivity index (χ0v) is 15.1. The van der Waals surface area contributed by atoms with Gasteiger partial charge in [-0.25, -0.2) is 0 Å². The standard InChI is InChI=1S/C19H22N4O4/c1-13(16-4-2-3-9-20-16)21-17-6-5-14(12-18(17)23(25)26)19(24)22-15-7-10-27-11-8-15/h2-6,9,12-13,15,21H,7-8,10-11H2,1H3,(H,22,24). The summed E-state index contributed by atoms with van der Waals surface area (Å²) in [6.45, 7) is 3.09. The van der Waals surface area contributed by atoms with E-state index in [2.05, 4.69) is 15.6 Å². The second-order valence-electron chi connectivity index (χ2n) is 6.47. The van der Waals surface area contributed by atoms with Crippen molar-refractivity contribution >= 4 is 17.3 Å². The zero-order valence-electron chi connectivity index (χ0n) is 15.1. The highest BCUT2D eigenvalue weighted by atomic mass is 16.6. The summed E-state index contributed by atoms with van der Waals surface area (Å²) in [5.74, 6) is -0.311. The van der Waals surface area contributed by atoms with Crippen molar-refractivity contribution < 1.29 is 14.5 Å². The van der Waals surface area contributed by atoms with Crippen LogP contribution in [0.2, 0.25) is 0 Å². The van der Waals surface area contributed by atoms with E-state index in [1.54, 1.807) is 18.3 Å². The molecule has 8 nitrogen and oxygen atoms in total. The molecule has 2 heterocycles. The monoisotopic (exact) mass is 370 g/mol. The topological polar surface area (TPSA) is 106 Å². The number of nitrogens with one attached hydrogen (secondary N) is 2. The van der Waals surface area contributed by atoms with Gasteiger partial charge >= 0.3 is 0 Å². The fourth-order valence-corrected chi connectivity index (χ4v) is 3.00. The van der Waals surface area contributed by atoms with Crippen LogP contribution in [0.1, 0.15) is 41.9 Å². The minimum Gasteiger partial charge on any atom is -0.381 e. The second kappa shape index (κ2) is 8.59. The fraction of sp³-hybridized carbons (Fsp3) is 0.368. The Labute approximate surface area is 157 Å². The van der Waals surface area contributed by atoms with E-state index in [1.165, 1.54) is 6.07 Å². The number of ether oxygens (including phenoxy) is 1. The fourth-order valence-electron chi connectivity index (χ4n) is 3.00. The Morgan fingerprint density at radius 3 is 2.74 bits per heavy atom. The van der Waals surface area contributed by atoms with E-state index in [0.29, 0.717) is 18.9 Å². The molecule has 0 radical (unpaired) electrons. The van der Waals surface area contributed by atoms with Gasteiger partial charge in [0, 0.05) is 37.1 Å². The summed E-state index contributed by atoms with van der Waals surface area (Å²) in [5, 5.41) is 17.5. The minimum atomic E-state index is -0.487. The summed E-state index contributed by atoms with van der Waals surface area (Å²) >= 11 is 0. The molecule has 0 spiro atoms. The molecule has 2 aromatic rings. The summed E-state index contributed by atoms with van der Waals surface area (Å²) < 4.78 is 5.27. The molecule has 1 atom stereocenters. The summed E-state index contributed by atoms with van der Waals surface area (Å²) in [6.07, 6.45) is 3.16. The van der Waals surface area contributed by atoms with Crippen LogP contribution in [0.4, 0.5) is 11.4 Å². The van der Waals surface area contributed by atoms with E-state index in [9.17, 15) is 14.9 Å². The number of carbonyl (C=O) groups excluding carboxylic acids is 1. The normalized spacial score (nSPS) is 15.7. The number of pyridine rings is 1. The Morgan fingerprint density at radius 1 is 1.30 bits per heavy atom. The maximum absolute atomic E-state index is 12.4. The lowest BCUT2D eigenvalue weighted by Crippen LogP contribution is -2.38. The van der Waals surface area contributed by atoms with Crippen LogP contribution in [0.5, 0.6) is 0 Å². The van der Waals surface area contributed by atoms with Gasteiger partial charge in [0.25, 0.3) is 11.6 Å². The van der Waals surface area contributed by atoms with Crippen molar-refractivity contribution in [1.82, 2.24) is 10.3 Å². The number of hydrogen-bond donors (Lipinski definition) is 2. The maximum Gasteiger partial charge on any atom is 0.293 e. The average Bonchev–Trinajstić information content (AvgIpc) is 2.69. The number of carbonyl (C=O) groups is 1. The van der Waals surface area contributed by atoms with E-state index in [1.807, 2.05) is 25.1 Å². The largest absolute Gasteiger partial charge is 0.381 e. The molecule has 1 amide bonds. The number of rotatable bonds is 6. The first-order chi connectivity index (χ1) is 13.0. The zero-order chi connectivity index (χ0) is 19.2. The molecule has 27 heavy (non-hydrogen) atoms. The third-order valence-corrected chi connectivity index (χ3v) is 4.52. The Kier molecular flexibility index (Phi) is 5.97. The number of nitrogens with zero attached hydrogens (tertiary/aromatic N) is 2. The highest BCUT2D eigenvalue weighted by molar-refractivity contribution is 5.96. The highest BCUT2D eigenvalue weighted by Gasteiger charge is 2.22. The molecule has 1 aliphatic rings. The third kappa shape index (κ3) is 4.79.